The predicted molar refractivity (Wildman–Crippen MR) is 92.9 cm³/mol. The Bertz CT molecular complexity index is 717. The molecule has 1 atom stereocenters. The Labute approximate surface area is 146 Å². The third kappa shape index (κ3) is 5.54. The molecule has 0 radical (unpaired) electrons. The Morgan fingerprint density at radius 2 is 1.48 bits per heavy atom. The van der Waals surface area contributed by atoms with Crippen molar-refractivity contribution in [1.29, 1.82) is 0 Å². The van der Waals surface area contributed by atoms with Gasteiger partial charge in [-0.25, -0.2) is 5.43 Å². The normalized spacial score (nSPS) is 11.4. The molecule has 0 aliphatic rings. The van der Waals surface area contributed by atoms with E-state index < -0.39 is 17.9 Å². The summed E-state index contributed by atoms with van der Waals surface area (Å²) in [4.78, 5) is 36.5. The highest BCUT2D eigenvalue weighted by molar-refractivity contribution is 5.99. The lowest BCUT2D eigenvalue weighted by Gasteiger charge is -2.17. The van der Waals surface area contributed by atoms with Crippen LogP contribution in [-0.4, -0.2) is 30.3 Å². The van der Waals surface area contributed by atoms with Crippen molar-refractivity contribution in [3.8, 4) is 0 Å². The van der Waals surface area contributed by atoms with Crippen LogP contribution < -0.4 is 10.9 Å². The van der Waals surface area contributed by atoms with E-state index in [4.69, 9.17) is 4.74 Å². The van der Waals surface area contributed by atoms with E-state index in [0.717, 1.165) is 0 Å². The first-order valence-electron chi connectivity index (χ1n) is 7.97. The topological polar surface area (TPSA) is 84.5 Å². The van der Waals surface area contributed by atoms with E-state index in [1.54, 1.807) is 67.6 Å². The highest BCUT2D eigenvalue weighted by Gasteiger charge is 2.24. The van der Waals surface area contributed by atoms with Crippen LogP contribution in [-0.2, 0) is 9.53 Å². The van der Waals surface area contributed by atoms with Gasteiger partial charge in [-0.2, -0.15) is 0 Å². The molecule has 25 heavy (non-hydrogen) atoms. The molecule has 2 aromatic carbocycles. The molecule has 2 aromatic rings. The zero-order valence-corrected chi connectivity index (χ0v) is 13.9. The molecule has 2 rings (SSSR count). The maximum atomic E-state index is 12.3. The van der Waals surface area contributed by atoms with Crippen LogP contribution in [0.3, 0.4) is 0 Å². The lowest BCUT2D eigenvalue weighted by Crippen LogP contribution is -2.49. The van der Waals surface area contributed by atoms with Crippen molar-refractivity contribution in [1.82, 2.24) is 10.9 Å². The van der Waals surface area contributed by atoms with E-state index in [9.17, 15) is 14.4 Å². The number of amides is 1. The molecule has 130 valence electrons. The molecule has 6 heteroatoms. The number of hydrazine groups is 1. The fourth-order valence-electron chi connectivity index (χ4n) is 2.18. The van der Waals surface area contributed by atoms with Crippen LogP contribution in [0.25, 0.3) is 0 Å². The van der Waals surface area contributed by atoms with Crippen LogP contribution in [0.1, 0.15) is 34.1 Å². The molecule has 0 aliphatic carbocycles. The van der Waals surface area contributed by atoms with Gasteiger partial charge in [0, 0.05) is 17.5 Å². The zero-order chi connectivity index (χ0) is 18.1. The number of ether oxygens (including phenoxy) is 1. The van der Waals surface area contributed by atoms with Gasteiger partial charge in [0.05, 0.1) is 6.61 Å². The van der Waals surface area contributed by atoms with Crippen LogP contribution in [0.4, 0.5) is 0 Å². The van der Waals surface area contributed by atoms with Gasteiger partial charge in [-0.1, -0.05) is 48.5 Å². The van der Waals surface area contributed by atoms with E-state index >= 15 is 0 Å². The van der Waals surface area contributed by atoms with Crippen molar-refractivity contribution < 1.29 is 19.1 Å². The molecule has 0 saturated heterocycles. The Morgan fingerprint density at radius 3 is 2.04 bits per heavy atom. The SMILES string of the molecule is CCOC(=O)[C@@H](CC(=O)c1ccccc1)NNC(=O)c1ccccc1. The molecular weight excluding hydrogens is 320 g/mol. The molecule has 0 spiro atoms. The van der Waals surface area contributed by atoms with Gasteiger partial charge in [0.25, 0.3) is 5.91 Å². The van der Waals surface area contributed by atoms with Gasteiger partial charge in [-0.3, -0.25) is 19.8 Å². The Kier molecular flexibility index (Phi) is 6.86. The van der Waals surface area contributed by atoms with E-state index in [0.29, 0.717) is 11.1 Å². The van der Waals surface area contributed by atoms with Crippen molar-refractivity contribution in [2.45, 2.75) is 19.4 Å². The number of nitrogens with one attached hydrogen (secondary N) is 2. The summed E-state index contributed by atoms with van der Waals surface area (Å²) >= 11 is 0. The fraction of sp³-hybridized carbons (Fsp3) is 0.211. The minimum absolute atomic E-state index is 0.127. The third-order valence-corrected chi connectivity index (χ3v) is 3.45. The highest BCUT2D eigenvalue weighted by Crippen LogP contribution is 2.07. The first-order chi connectivity index (χ1) is 12.1. The van der Waals surface area contributed by atoms with Crippen LogP contribution in [0, 0.1) is 0 Å². The molecule has 0 aromatic heterocycles. The first kappa shape index (κ1) is 18.4. The van der Waals surface area contributed by atoms with E-state index in [1.165, 1.54) is 0 Å². The van der Waals surface area contributed by atoms with Gasteiger partial charge in [0.1, 0.15) is 6.04 Å². The summed E-state index contributed by atoms with van der Waals surface area (Å²) in [7, 11) is 0. The highest BCUT2D eigenvalue weighted by atomic mass is 16.5. The van der Waals surface area contributed by atoms with E-state index in [-0.39, 0.29) is 18.8 Å². The first-order valence-corrected chi connectivity index (χ1v) is 7.97. The molecule has 0 heterocycles. The predicted octanol–water partition coefficient (Wildman–Crippen LogP) is 2.13. The number of hydrogen-bond acceptors (Lipinski definition) is 5. The maximum Gasteiger partial charge on any atom is 0.325 e. The van der Waals surface area contributed by atoms with Crippen LogP contribution in [0.5, 0.6) is 0 Å². The largest absolute Gasteiger partial charge is 0.465 e. The number of carbonyl (C=O) groups is 3. The molecule has 1 amide bonds. The van der Waals surface area contributed by atoms with Crippen LogP contribution in [0.2, 0.25) is 0 Å². The van der Waals surface area contributed by atoms with Gasteiger partial charge < -0.3 is 4.74 Å². The van der Waals surface area contributed by atoms with Crippen molar-refractivity contribution in [3.05, 3.63) is 71.8 Å². The lowest BCUT2D eigenvalue weighted by atomic mass is 10.0. The Hall–Kier alpha value is -2.99. The van der Waals surface area contributed by atoms with Gasteiger partial charge in [-0.05, 0) is 19.1 Å². The molecule has 6 nitrogen and oxygen atoms in total. The number of rotatable bonds is 8. The number of carbonyl (C=O) groups excluding carboxylic acids is 3. The summed E-state index contributed by atoms with van der Waals surface area (Å²) in [6, 6.07) is 16.2. The molecule has 0 unspecified atom stereocenters. The van der Waals surface area contributed by atoms with Crippen LogP contribution >= 0.6 is 0 Å². The van der Waals surface area contributed by atoms with Gasteiger partial charge in [-0.15, -0.1) is 0 Å². The number of ketones is 1. The summed E-state index contributed by atoms with van der Waals surface area (Å²) in [5.41, 5.74) is 5.99. The number of Topliss-reactive ketones (excluding diaryl/α,β-unsaturated/α-hetero) is 1. The standard InChI is InChI=1S/C19H20N2O4/c1-2-25-19(24)16(13-17(22)14-9-5-3-6-10-14)20-21-18(23)15-11-7-4-8-12-15/h3-12,16,20H,2,13H2,1H3,(H,21,23)/t16-/m1/s1. The second kappa shape index (κ2) is 9.34. The monoisotopic (exact) mass is 340 g/mol. The van der Waals surface area contributed by atoms with Crippen molar-refractivity contribution in [3.63, 3.8) is 0 Å². The summed E-state index contributed by atoms with van der Waals surface area (Å²) in [5.74, 6) is -1.22. The van der Waals surface area contributed by atoms with E-state index in [1.807, 2.05) is 0 Å². The summed E-state index contributed by atoms with van der Waals surface area (Å²) in [6.07, 6.45) is -0.127. The zero-order valence-electron chi connectivity index (χ0n) is 13.9. The molecule has 0 aliphatic heterocycles. The van der Waals surface area contributed by atoms with Gasteiger partial charge in [0.15, 0.2) is 5.78 Å². The molecule has 2 N–H and O–H groups in total. The van der Waals surface area contributed by atoms with Crippen molar-refractivity contribution >= 4 is 17.7 Å². The average Bonchev–Trinajstić information content (AvgIpc) is 2.66. The second-order valence-electron chi connectivity index (χ2n) is 5.26. The smallest absolute Gasteiger partial charge is 0.325 e. The van der Waals surface area contributed by atoms with E-state index in [2.05, 4.69) is 10.9 Å². The summed E-state index contributed by atoms with van der Waals surface area (Å²) in [6.45, 7) is 1.86. The maximum absolute atomic E-state index is 12.3. The fourth-order valence-corrected chi connectivity index (χ4v) is 2.18. The van der Waals surface area contributed by atoms with Crippen LogP contribution in [0.15, 0.2) is 60.7 Å². The van der Waals surface area contributed by atoms with Crippen molar-refractivity contribution in [2.75, 3.05) is 6.61 Å². The summed E-state index contributed by atoms with van der Waals surface area (Å²) in [5, 5.41) is 0. The molecule has 0 saturated carbocycles. The molecule has 0 fully saturated rings. The molecule has 0 bridgehead atoms. The Morgan fingerprint density at radius 1 is 0.920 bits per heavy atom. The average molecular weight is 340 g/mol. The minimum atomic E-state index is -0.972. The van der Waals surface area contributed by atoms with Crippen molar-refractivity contribution in [2.24, 2.45) is 0 Å². The van der Waals surface area contributed by atoms with Gasteiger partial charge in [0.2, 0.25) is 0 Å². The third-order valence-electron chi connectivity index (χ3n) is 3.45. The minimum Gasteiger partial charge on any atom is -0.465 e. The summed E-state index contributed by atoms with van der Waals surface area (Å²) < 4.78 is 4.97. The number of hydrogen-bond donors (Lipinski definition) is 2. The lowest BCUT2D eigenvalue weighted by molar-refractivity contribution is -0.145. The number of esters is 1. The quantitative estimate of drug-likeness (QED) is 0.437. The second-order valence-corrected chi connectivity index (χ2v) is 5.26. The molecular formula is C19H20N2O4. The van der Waals surface area contributed by atoms with Gasteiger partial charge >= 0.3 is 5.97 Å². The number of benzene rings is 2. The Balaban J connectivity index is 2.02.